The van der Waals surface area contributed by atoms with E-state index in [-0.39, 0.29) is 5.54 Å². The first-order chi connectivity index (χ1) is 30.0. The van der Waals surface area contributed by atoms with Crippen molar-refractivity contribution in [3.05, 3.63) is 230 Å². The number of rotatable bonds is 12. The van der Waals surface area contributed by atoms with Crippen LogP contribution in [0.1, 0.15) is 18.9 Å². The van der Waals surface area contributed by atoms with Gasteiger partial charge in [-0.05, 0) is 155 Å². The fourth-order valence-corrected chi connectivity index (χ4v) is 8.47. The first kappa shape index (κ1) is 38.9. The smallest absolute Gasteiger partial charge is 0.119 e. The molecule has 1 aliphatic carbocycles. The number of ether oxygens (including phenoxy) is 2. The topological polar surface area (TPSA) is 24.9 Å². The largest absolute Gasteiger partial charge is 0.497 e. The summed E-state index contributed by atoms with van der Waals surface area (Å²) in [6.07, 6.45) is 7.93. The maximum Gasteiger partial charge on any atom is 0.119 e. The fourth-order valence-electron chi connectivity index (χ4n) is 8.47. The average molecular weight is 793 g/mol. The van der Waals surface area contributed by atoms with Crippen molar-refractivity contribution in [3.63, 3.8) is 0 Å². The summed E-state index contributed by atoms with van der Waals surface area (Å²) in [5, 5.41) is 0. The summed E-state index contributed by atoms with van der Waals surface area (Å²) < 4.78 is 11.0. The van der Waals surface area contributed by atoms with Gasteiger partial charge in [0, 0.05) is 28.4 Å². The molecule has 0 saturated heterocycles. The Morgan fingerprint density at radius 1 is 0.410 bits per heavy atom. The van der Waals surface area contributed by atoms with Gasteiger partial charge in [0.1, 0.15) is 11.5 Å². The van der Waals surface area contributed by atoms with Gasteiger partial charge in [0.25, 0.3) is 0 Å². The standard InChI is InChI=1S/C57H48N2O2/c1-57(59(49-22-14-7-15-23-49)50-30-34-52(61-3)35-31-50)38-36-45(37-39-57)56-41-54(43-18-10-5-11-19-43)53(42-16-8-4-9-17-42)40-55(56)44-24-26-47(27-25-44)58(46-20-12-6-13-21-46)48-28-32-51(60-2)33-29-48/h4-38,40-41H,39H2,1-3H3. The summed E-state index contributed by atoms with van der Waals surface area (Å²) in [4.78, 5) is 4.72. The van der Waals surface area contributed by atoms with Crippen molar-refractivity contribution in [3.8, 4) is 44.9 Å². The third-order valence-corrected chi connectivity index (χ3v) is 11.6. The zero-order valence-electron chi connectivity index (χ0n) is 34.8. The number of nitrogens with zero attached hydrogens (tertiary/aromatic N) is 2. The molecule has 8 aromatic carbocycles. The third-order valence-electron chi connectivity index (χ3n) is 11.6. The van der Waals surface area contributed by atoms with E-state index in [1.54, 1.807) is 14.2 Å². The number of hydrogen-bond acceptors (Lipinski definition) is 4. The molecule has 1 unspecified atom stereocenters. The van der Waals surface area contributed by atoms with Crippen LogP contribution in [0.5, 0.6) is 11.5 Å². The summed E-state index contributed by atoms with van der Waals surface area (Å²) >= 11 is 0. The number of para-hydroxylation sites is 2. The molecule has 0 spiro atoms. The number of hydrogen-bond donors (Lipinski definition) is 0. The van der Waals surface area contributed by atoms with Crippen LogP contribution in [0, 0.1) is 0 Å². The van der Waals surface area contributed by atoms with E-state index in [4.69, 9.17) is 9.47 Å². The molecule has 0 bridgehead atoms. The van der Waals surface area contributed by atoms with Crippen LogP contribution in [0.4, 0.5) is 28.4 Å². The molecule has 0 amide bonds. The van der Waals surface area contributed by atoms with Crippen molar-refractivity contribution in [2.75, 3.05) is 24.0 Å². The van der Waals surface area contributed by atoms with Crippen molar-refractivity contribution < 1.29 is 9.47 Å². The average Bonchev–Trinajstić information content (AvgIpc) is 3.33. The lowest BCUT2D eigenvalue weighted by Gasteiger charge is -2.42. The van der Waals surface area contributed by atoms with Crippen LogP contribution in [0.15, 0.2) is 224 Å². The fraction of sp³-hybridized carbons (Fsp3) is 0.0877. The van der Waals surface area contributed by atoms with Crippen molar-refractivity contribution in [1.29, 1.82) is 0 Å². The van der Waals surface area contributed by atoms with Gasteiger partial charge in [0.2, 0.25) is 0 Å². The monoisotopic (exact) mass is 792 g/mol. The summed E-state index contributed by atoms with van der Waals surface area (Å²) in [7, 11) is 3.41. The normalized spacial score (nSPS) is 14.5. The zero-order valence-corrected chi connectivity index (χ0v) is 34.8. The van der Waals surface area contributed by atoms with E-state index in [0.717, 1.165) is 51.9 Å². The van der Waals surface area contributed by atoms with Gasteiger partial charge in [0.05, 0.1) is 19.8 Å². The highest BCUT2D eigenvalue weighted by Gasteiger charge is 2.33. The van der Waals surface area contributed by atoms with Crippen LogP contribution in [-0.2, 0) is 0 Å². The van der Waals surface area contributed by atoms with E-state index < -0.39 is 0 Å². The first-order valence-corrected chi connectivity index (χ1v) is 20.8. The van der Waals surface area contributed by atoms with Gasteiger partial charge in [-0.1, -0.05) is 127 Å². The van der Waals surface area contributed by atoms with Crippen LogP contribution in [0.3, 0.4) is 0 Å². The van der Waals surface area contributed by atoms with E-state index in [1.165, 1.54) is 39.0 Å². The molecule has 0 N–H and O–H groups in total. The van der Waals surface area contributed by atoms with Crippen LogP contribution in [0.25, 0.3) is 39.0 Å². The molecule has 298 valence electrons. The maximum atomic E-state index is 5.53. The van der Waals surface area contributed by atoms with Gasteiger partial charge in [-0.2, -0.15) is 0 Å². The summed E-state index contributed by atoms with van der Waals surface area (Å²) in [6, 6.07) is 73.1. The van der Waals surface area contributed by atoms with E-state index in [1.807, 2.05) is 24.3 Å². The number of allylic oxidation sites excluding steroid dienone is 2. The van der Waals surface area contributed by atoms with Crippen LogP contribution in [-0.4, -0.2) is 19.8 Å². The second-order valence-electron chi connectivity index (χ2n) is 15.5. The number of methoxy groups -OCH3 is 2. The van der Waals surface area contributed by atoms with Crippen molar-refractivity contribution in [2.45, 2.75) is 18.9 Å². The van der Waals surface area contributed by atoms with E-state index in [9.17, 15) is 0 Å². The Labute approximate surface area is 359 Å². The second kappa shape index (κ2) is 17.3. The second-order valence-corrected chi connectivity index (χ2v) is 15.5. The van der Waals surface area contributed by atoms with Gasteiger partial charge in [-0.15, -0.1) is 0 Å². The SMILES string of the molecule is COc1ccc(N(c2ccccc2)c2ccc(-c3cc(-c4ccccc4)c(-c4ccccc4)cc3C3=CCC(C)(N(c4ccccc4)c4ccc(OC)cc4)C=C3)cc2)cc1. The van der Waals surface area contributed by atoms with Gasteiger partial charge < -0.3 is 19.3 Å². The molecule has 9 rings (SSSR count). The Hall–Kier alpha value is -7.56. The minimum Gasteiger partial charge on any atom is -0.497 e. The van der Waals surface area contributed by atoms with Crippen molar-refractivity contribution in [1.82, 2.24) is 0 Å². The van der Waals surface area contributed by atoms with E-state index >= 15 is 0 Å². The van der Waals surface area contributed by atoms with Crippen LogP contribution in [0.2, 0.25) is 0 Å². The Bertz CT molecular complexity index is 2770. The Morgan fingerprint density at radius 3 is 1.26 bits per heavy atom. The highest BCUT2D eigenvalue weighted by molar-refractivity contribution is 5.96. The molecule has 0 fully saturated rings. The lowest BCUT2D eigenvalue weighted by atomic mass is 9.81. The predicted octanol–water partition coefficient (Wildman–Crippen LogP) is 15.1. The van der Waals surface area contributed by atoms with E-state index in [0.29, 0.717) is 0 Å². The first-order valence-electron chi connectivity index (χ1n) is 20.8. The van der Waals surface area contributed by atoms with Crippen LogP contribution < -0.4 is 19.3 Å². The zero-order chi connectivity index (χ0) is 41.6. The molecule has 0 heterocycles. The number of benzene rings is 8. The third kappa shape index (κ3) is 8.09. The molecule has 0 aromatic heterocycles. The molecule has 4 nitrogen and oxygen atoms in total. The highest BCUT2D eigenvalue weighted by Crippen LogP contribution is 2.45. The Morgan fingerprint density at radius 2 is 0.787 bits per heavy atom. The molecule has 0 saturated carbocycles. The highest BCUT2D eigenvalue weighted by atomic mass is 16.5. The molecule has 61 heavy (non-hydrogen) atoms. The van der Waals surface area contributed by atoms with Crippen molar-refractivity contribution >= 4 is 34.0 Å². The Balaban J connectivity index is 1.17. The molecule has 8 aromatic rings. The minimum absolute atomic E-state index is 0.337. The van der Waals surface area contributed by atoms with Gasteiger partial charge in [-0.25, -0.2) is 0 Å². The quantitative estimate of drug-likeness (QED) is 0.123. The van der Waals surface area contributed by atoms with Gasteiger partial charge in [0.15, 0.2) is 0 Å². The summed E-state index contributed by atoms with van der Waals surface area (Å²) in [5.41, 5.74) is 14.6. The molecule has 0 radical (unpaired) electrons. The minimum atomic E-state index is -0.337. The van der Waals surface area contributed by atoms with Gasteiger partial charge in [-0.3, -0.25) is 0 Å². The summed E-state index contributed by atoms with van der Waals surface area (Å²) in [5.74, 6) is 1.67. The summed E-state index contributed by atoms with van der Waals surface area (Å²) in [6.45, 7) is 2.32. The predicted molar refractivity (Wildman–Crippen MR) is 256 cm³/mol. The van der Waals surface area contributed by atoms with Crippen molar-refractivity contribution in [2.24, 2.45) is 0 Å². The lowest BCUT2D eigenvalue weighted by Crippen LogP contribution is -2.42. The molecular formula is C57H48N2O2. The molecular weight excluding hydrogens is 745 g/mol. The number of anilines is 5. The van der Waals surface area contributed by atoms with Crippen LogP contribution >= 0.6 is 0 Å². The lowest BCUT2D eigenvalue weighted by molar-refractivity contribution is 0.414. The van der Waals surface area contributed by atoms with E-state index in [2.05, 4.69) is 217 Å². The molecule has 4 heteroatoms. The maximum absolute atomic E-state index is 5.53. The molecule has 1 aliphatic rings. The molecule has 0 aliphatic heterocycles. The Kier molecular flexibility index (Phi) is 11.1. The molecule has 1 atom stereocenters. The van der Waals surface area contributed by atoms with Gasteiger partial charge >= 0.3 is 0 Å².